The minimum Gasteiger partial charge on any atom is -0.347 e. The monoisotopic (exact) mass is 284 g/mol. The van der Waals surface area contributed by atoms with E-state index in [1.807, 2.05) is 26.0 Å². The van der Waals surface area contributed by atoms with Gasteiger partial charge in [0.15, 0.2) is 0 Å². The normalized spacial score (nSPS) is 9.09. The van der Waals surface area contributed by atoms with Crippen molar-refractivity contribution < 1.29 is 0 Å². The SMILES string of the molecule is Br.CN(C)c1nc(Br)nn1C. The van der Waals surface area contributed by atoms with Crippen molar-refractivity contribution in [3.63, 3.8) is 0 Å². The van der Waals surface area contributed by atoms with Crippen LogP contribution >= 0.6 is 32.9 Å². The van der Waals surface area contributed by atoms with E-state index in [4.69, 9.17) is 0 Å². The summed E-state index contributed by atoms with van der Waals surface area (Å²) >= 11 is 3.18. The number of anilines is 1. The summed E-state index contributed by atoms with van der Waals surface area (Å²) < 4.78 is 2.34. The highest BCUT2D eigenvalue weighted by atomic mass is 79.9. The largest absolute Gasteiger partial charge is 0.347 e. The van der Waals surface area contributed by atoms with Crippen LogP contribution in [0.4, 0.5) is 5.95 Å². The maximum Gasteiger partial charge on any atom is 0.224 e. The second kappa shape index (κ2) is 4.06. The van der Waals surface area contributed by atoms with Gasteiger partial charge in [-0.25, -0.2) is 4.68 Å². The lowest BCUT2D eigenvalue weighted by molar-refractivity contribution is 0.746. The van der Waals surface area contributed by atoms with Crippen LogP contribution in [0.25, 0.3) is 0 Å². The molecule has 4 nitrogen and oxygen atoms in total. The number of rotatable bonds is 1. The highest BCUT2D eigenvalue weighted by molar-refractivity contribution is 9.10. The number of halogens is 2. The van der Waals surface area contributed by atoms with Crippen LogP contribution in [0.3, 0.4) is 0 Å². The minimum absolute atomic E-state index is 0. The molecule has 0 aliphatic carbocycles. The number of nitrogens with zero attached hydrogens (tertiary/aromatic N) is 4. The highest BCUT2D eigenvalue weighted by Crippen LogP contribution is 2.09. The molecule has 0 saturated carbocycles. The Bertz CT molecular complexity index is 232. The third-order valence-electron chi connectivity index (χ3n) is 1.11. The highest BCUT2D eigenvalue weighted by Gasteiger charge is 2.04. The standard InChI is InChI=1S/C5H9BrN4.BrH/c1-9(2)5-7-4(6)8-10(5)3;/h1-3H3;1H. The molecule has 0 aromatic carbocycles. The van der Waals surface area contributed by atoms with Gasteiger partial charge in [0.25, 0.3) is 0 Å². The van der Waals surface area contributed by atoms with Crippen molar-refractivity contribution >= 4 is 38.9 Å². The van der Waals surface area contributed by atoms with E-state index in [0.29, 0.717) is 4.73 Å². The van der Waals surface area contributed by atoms with Gasteiger partial charge in [-0.15, -0.1) is 22.1 Å². The molecule has 0 radical (unpaired) electrons. The van der Waals surface area contributed by atoms with Gasteiger partial charge in [0.2, 0.25) is 10.7 Å². The Labute approximate surface area is 84.5 Å². The Morgan fingerprint density at radius 3 is 2.18 bits per heavy atom. The van der Waals surface area contributed by atoms with Crippen LogP contribution in [-0.4, -0.2) is 28.9 Å². The zero-order chi connectivity index (χ0) is 7.72. The molecule has 0 amide bonds. The van der Waals surface area contributed by atoms with E-state index in [2.05, 4.69) is 26.0 Å². The second-order valence-corrected chi connectivity index (χ2v) is 2.91. The van der Waals surface area contributed by atoms with Crippen molar-refractivity contribution in [3.05, 3.63) is 4.73 Å². The van der Waals surface area contributed by atoms with E-state index in [0.717, 1.165) is 5.95 Å². The fraction of sp³-hybridized carbons (Fsp3) is 0.600. The average Bonchev–Trinajstić information content (AvgIpc) is 2.10. The van der Waals surface area contributed by atoms with Gasteiger partial charge in [-0.1, -0.05) is 0 Å². The van der Waals surface area contributed by atoms with Crippen molar-refractivity contribution in [2.75, 3.05) is 19.0 Å². The molecule has 1 aromatic rings. The van der Waals surface area contributed by atoms with Crippen molar-refractivity contribution in [1.29, 1.82) is 0 Å². The Morgan fingerprint density at radius 1 is 1.45 bits per heavy atom. The summed E-state index contributed by atoms with van der Waals surface area (Å²) in [6.45, 7) is 0. The van der Waals surface area contributed by atoms with E-state index < -0.39 is 0 Å². The lowest BCUT2D eigenvalue weighted by atomic mass is 10.8. The maximum absolute atomic E-state index is 4.10. The topological polar surface area (TPSA) is 34.0 Å². The second-order valence-electron chi connectivity index (χ2n) is 2.20. The predicted octanol–water partition coefficient (Wildman–Crippen LogP) is 1.22. The zero-order valence-corrected chi connectivity index (χ0v) is 9.87. The van der Waals surface area contributed by atoms with Gasteiger partial charge in [0.05, 0.1) is 0 Å². The quantitative estimate of drug-likeness (QED) is 0.778. The van der Waals surface area contributed by atoms with Crippen LogP contribution in [0.15, 0.2) is 4.73 Å². The Morgan fingerprint density at radius 2 is 2.00 bits per heavy atom. The summed E-state index contributed by atoms with van der Waals surface area (Å²) in [5.41, 5.74) is 0. The van der Waals surface area contributed by atoms with Gasteiger partial charge < -0.3 is 4.90 Å². The lowest BCUT2D eigenvalue weighted by Gasteiger charge is -2.08. The van der Waals surface area contributed by atoms with E-state index in [-0.39, 0.29) is 17.0 Å². The van der Waals surface area contributed by atoms with Gasteiger partial charge in [0, 0.05) is 21.1 Å². The summed E-state index contributed by atoms with van der Waals surface area (Å²) in [5, 5.41) is 4.01. The Hall–Kier alpha value is -0.100. The molecule has 64 valence electrons. The summed E-state index contributed by atoms with van der Waals surface area (Å²) in [4.78, 5) is 6.00. The Balaban J connectivity index is 0.000001000. The van der Waals surface area contributed by atoms with Crippen LogP contribution in [0.5, 0.6) is 0 Å². The number of aryl methyl sites for hydroxylation is 1. The third-order valence-corrected chi connectivity index (χ3v) is 1.45. The molecule has 11 heavy (non-hydrogen) atoms. The number of hydrogen-bond acceptors (Lipinski definition) is 3. The molecular formula is C5H10Br2N4. The van der Waals surface area contributed by atoms with Gasteiger partial charge >= 0.3 is 0 Å². The van der Waals surface area contributed by atoms with Crippen molar-refractivity contribution in [3.8, 4) is 0 Å². The summed E-state index contributed by atoms with van der Waals surface area (Å²) in [7, 11) is 5.71. The fourth-order valence-corrected chi connectivity index (χ4v) is 1.13. The van der Waals surface area contributed by atoms with E-state index >= 15 is 0 Å². The first kappa shape index (κ1) is 10.9. The molecule has 1 heterocycles. The number of hydrogen-bond donors (Lipinski definition) is 0. The molecule has 0 unspecified atom stereocenters. The van der Waals surface area contributed by atoms with Gasteiger partial charge in [-0.3, -0.25) is 0 Å². The first-order chi connectivity index (χ1) is 4.61. The van der Waals surface area contributed by atoms with Gasteiger partial charge in [-0.2, -0.15) is 4.98 Å². The molecule has 0 saturated heterocycles. The minimum atomic E-state index is 0. The van der Waals surface area contributed by atoms with Crippen LogP contribution in [0.2, 0.25) is 0 Å². The Kier molecular flexibility index (Phi) is 4.02. The van der Waals surface area contributed by atoms with Crippen LogP contribution in [0.1, 0.15) is 0 Å². The molecule has 0 fully saturated rings. The van der Waals surface area contributed by atoms with Crippen LogP contribution in [-0.2, 0) is 7.05 Å². The molecule has 6 heteroatoms. The molecule has 0 atom stereocenters. The van der Waals surface area contributed by atoms with E-state index in [1.165, 1.54) is 0 Å². The average molecular weight is 286 g/mol. The van der Waals surface area contributed by atoms with E-state index in [1.54, 1.807) is 4.68 Å². The molecular weight excluding hydrogens is 276 g/mol. The maximum atomic E-state index is 4.10. The molecule has 0 spiro atoms. The molecule has 0 aliphatic heterocycles. The molecule has 1 aromatic heterocycles. The fourth-order valence-electron chi connectivity index (χ4n) is 0.735. The van der Waals surface area contributed by atoms with Crippen LogP contribution in [0, 0.1) is 0 Å². The van der Waals surface area contributed by atoms with Crippen molar-refractivity contribution in [2.24, 2.45) is 7.05 Å². The van der Waals surface area contributed by atoms with Crippen LogP contribution < -0.4 is 4.90 Å². The van der Waals surface area contributed by atoms with Crippen molar-refractivity contribution in [1.82, 2.24) is 14.8 Å². The third kappa shape index (κ3) is 2.44. The molecule has 1 rings (SSSR count). The van der Waals surface area contributed by atoms with Gasteiger partial charge in [-0.05, 0) is 15.9 Å². The summed E-state index contributed by atoms with van der Waals surface area (Å²) in [6.07, 6.45) is 0. The molecule has 0 N–H and O–H groups in total. The van der Waals surface area contributed by atoms with Gasteiger partial charge in [0.1, 0.15) is 0 Å². The first-order valence-corrected chi connectivity index (χ1v) is 3.64. The summed E-state index contributed by atoms with van der Waals surface area (Å²) in [6, 6.07) is 0. The molecule has 0 bridgehead atoms. The summed E-state index contributed by atoms with van der Waals surface area (Å²) in [5.74, 6) is 0.840. The molecule has 0 aliphatic rings. The zero-order valence-electron chi connectivity index (χ0n) is 6.58. The van der Waals surface area contributed by atoms with Crippen molar-refractivity contribution in [2.45, 2.75) is 0 Å². The first-order valence-electron chi connectivity index (χ1n) is 2.85. The smallest absolute Gasteiger partial charge is 0.224 e. The van der Waals surface area contributed by atoms with E-state index in [9.17, 15) is 0 Å². The predicted molar refractivity (Wildman–Crippen MR) is 53.4 cm³/mol. The number of aromatic nitrogens is 3. The lowest BCUT2D eigenvalue weighted by Crippen LogP contribution is -2.14.